The van der Waals surface area contributed by atoms with Crippen LogP contribution < -0.4 is 4.72 Å². The summed E-state index contributed by atoms with van der Waals surface area (Å²) >= 11 is 1.36. The molecule has 0 fully saturated rings. The van der Waals surface area contributed by atoms with Crippen LogP contribution in [0, 0.1) is 0 Å². The van der Waals surface area contributed by atoms with Gasteiger partial charge in [0.25, 0.3) is 0 Å². The third kappa shape index (κ3) is 4.11. The number of aromatic nitrogens is 2. The molecule has 2 rings (SSSR count). The van der Waals surface area contributed by atoms with Crippen molar-refractivity contribution < 1.29 is 13.2 Å². The second kappa shape index (κ2) is 5.45. The number of nitrogens with zero attached hydrogens (tertiary/aromatic N) is 2. The molecule has 19 heavy (non-hydrogen) atoms. The van der Waals surface area contributed by atoms with Gasteiger partial charge < -0.3 is 0 Å². The first-order valence-corrected chi connectivity index (χ1v) is 8.07. The highest BCUT2D eigenvalue weighted by Crippen LogP contribution is 2.21. The summed E-state index contributed by atoms with van der Waals surface area (Å²) in [6.07, 6.45) is 2.52. The van der Waals surface area contributed by atoms with Gasteiger partial charge in [0.1, 0.15) is 5.01 Å². The molecule has 0 saturated heterocycles. The molecule has 6 nitrogen and oxygen atoms in total. The average Bonchev–Trinajstić information content (AvgIpc) is 2.76. The zero-order valence-electron chi connectivity index (χ0n) is 10.0. The maximum Gasteiger partial charge on any atom is 0.239 e. The number of hydrogen-bond donors (Lipinski definition) is 1. The van der Waals surface area contributed by atoms with Crippen LogP contribution in [-0.2, 0) is 21.2 Å². The lowest BCUT2D eigenvalue weighted by atomic mass is 10.3. The van der Waals surface area contributed by atoms with Crippen LogP contribution in [0.4, 0.5) is 0 Å². The molecule has 8 heteroatoms. The van der Waals surface area contributed by atoms with Crippen LogP contribution in [0.5, 0.6) is 0 Å². The predicted molar refractivity (Wildman–Crippen MR) is 72.0 cm³/mol. The Morgan fingerprint density at radius 2 is 2.21 bits per heavy atom. The second-order valence-corrected chi connectivity index (χ2v) is 6.44. The summed E-state index contributed by atoms with van der Waals surface area (Å²) in [7, 11) is -3.53. The largest absolute Gasteiger partial charge is 0.274 e. The topological polar surface area (TPSA) is 89.0 Å². The molecule has 0 aliphatic heterocycles. The van der Waals surface area contributed by atoms with Gasteiger partial charge in [0, 0.05) is 11.6 Å². The van der Waals surface area contributed by atoms with Gasteiger partial charge in [-0.15, -0.1) is 11.3 Å². The number of amides is 1. The zero-order chi connectivity index (χ0) is 13.9. The van der Waals surface area contributed by atoms with Gasteiger partial charge in [0.2, 0.25) is 15.9 Å². The summed E-state index contributed by atoms with van der Waals surface area (Å²) in [6, 6.07) is 5.47. The van der Waals surface area contributed by atoms with Crippen molar-refractivity contribution in [3.8, 4) is 10.7 Å². The molecule has 100 valence electrons. The van der Waals surface area contributed by atoms with Crippen LogP contribution in [0.2, 0.25) is 0 Å². The zero-order valence-corrected chi connectivity index (χ0v) is 11.7. The fourth-order valence-electron chi connectivity index (χ4n) is 1.40. The number of carbonyl (C=O) groups is 1. The molecule has 0 bridgehead atoms. The molecule has 0 saturated carbocycles. The first-order chi connectivity index (χ1) is 8.94. The average molecular weight is 297 g/mol. The molecule has 2 heterocycles. The van der Waals surface area contributed by atoms with Gasteiger partial charge in [0.05, 0.1) is 24.1 Å². The lowest BCUT2D eigenvalue weighted by Gasteiger charge is -1.99. The van der Waals surface area contributed by atoms with E-state index in [1.165, 1.54) is 11.3 Å². The van der Waals surface area contributed by atoms with E-state index in [1.807, 2.05) is 16.9 Å². The Hall–Kier alpha value is -1.80. The highest BCUT2D eigenvalue weighted by atomic mass is 32.2. The van der Waals surface area contributed by atoms with E-state index in [-0.39, 0.29) is 6.42 Å². The molecule has 1 amide bonds. The van der Waals surface area contributed by atoms with Gasteiger partial charge in [0.15, 0.2) is 0 Å². The lowest BCUT2D eigenvalue weighted by molar-refractivity contribution is -0.118. The fraction of sp³-hybridized carbons (Fsp3) is 0.182. The summed E-state index contributed by atoms with van der Waals surface area (Å²) in [5, 5.41) is 2.41. The van der Waals surface area contributed by atoms with Gasteiger partial charge in [-0.05, 0) is 12.1 Å². The van der Waals surface area contributed by atoms with Gasteiger partial charge >= 0.3 is 0 Å². The standard InChI is InChI=1S/C11H11N3O3S2/c1-19(16,17)14-10(15)6-8-7-18-11(13-8)9-4-2-3-5-12-9/h2-5,7H,6H2,1H3,(H,14,15). The molecule has 0 spiro atoms. The number of pyridine rings is 1. The minimum absolute atomic E-state index is 0.0730. The molecule has 2 aromatic heterocycles. The van der Waals surface area contributed by atoms with Crippen LogP contribution in [0.3, 0.4) is 0 Å². The third-order valence-electron chi connectivity index (χ3n) is 2.08. The van der Waals surface area contributed by atoms with Crippen molar-refractivity contribution in [3.05, 3.63) is 35.5 Å². The van der Waals surface area contributed by atoms with Crippen molar-refractivity contribution in [2.75, 3.05) is 6.26 Å². The van der Waals surface area contributed by atoms with Crippen molar-refractivity contribution in [2.24, 2.45) is 0 Å². The molecule has 0 radical (unpaired) electrons. The van der Waals surface area contributed by atoms with Crippen molar-refractivity contribution >= 4 is 27.3 Å². The first-order valence-electron chi connectivity index (χ1n) is 5.30. The number of hydrogen-bond acceptors (Lipinski definition) is 6. The Kier molecular flexibility index (Phi) is 3.91. The molecule has 0 atom stereocenters. The van der Waals surface area contributed by atoms with Crippen LogP contribution in [-0.4, -0.2) is 30.5 Å². The highest BCUT2D eigenvalue weighted by molar-refractivity contribution is 7.89. The lowest BCUT2D eigenvalue weighted by Crippen LogP contribution is -2.30. The Bertz CT molecular complexity index is 680. The van der Waals surface area contributed by atoms with E-state index in [0.29, 0.717) is 10.7 Å². The van der Waals surface area contributed by atoms with Crippen LogP contribution >= 0.6 is 11.3 Å². The summed E-state index contributed by atoms with van der Waals surface area (Å²) in [4.78, 5) is 19.8. The monoisotopic (exact) mass is 297 g/mol. The number of thiazole rings is 1. The Balaban J connectivity index is 2.08. The third-order valence-corrected chi connectivity index (χ3v) is 3.59. The van der Waals surface area contributed by atoms with E-state index in [1.54, 1.807) is 17.6 Å². The summed E-state index contributed by atoms with van der Waals surface area (Å²) < 4.78 is 23.7. The van der Waals surface area contributed by atoms with E-state index in [9.17, 15) is 13.2 Å². The number of rotatable bonds is 4. The highest BCUT2D eigenvalue weighted by Gasteiger charge is 2.12. The van der Waals surface area contributed by atoms with Crippen molar-refractivity contribution in [2.45, 2.75) is 6.42 Å². The summed E-state index contributed by atoms with van der Waals surface area (Å²) in [5.74, 6) is -0.597. The minimum atomic E-state index is -3.53. The second-order valence-electron chi connectivity index (χ2n) is 3.83. The summed E-state index contributed by atoms with van der Waals surface area (Å²) in [5.41, 5.74) is 1.24. The molecule has 0 aliphatic carbocycles. The van der Waals surface area contributed by atoms with Crippen LogP contribution in [0.25, 0.3) is 10.7 Å². The van der Waals surface area contributed by atoms with Crippen molar-refractivity contribution in [1.82, 2.24) is 14.7 Å². The molecule has 1 N–H and O–H groups in total. The van der Waals surface area contributed by atoms with E-state index in [4.69, 9.17) is 0 Å². The molecule has 0 unspecified atom stereocenters. The van der Waals surface area contributed by atoms with Gasteiger partial charge in [-0.25, -0.2) is 13.4 Å². The smallest absolute Gasteiger partial charge is 0.239 e. The Labute approximate surface area is 114 Å². The maximum atomic E-state index is 11.4. The number of carbonyl (C=O) groups excluding carboxylic acids is 1. The maximum absolute atomic E-state index is 11.4. The SMILES string of the molecule is CS(=O)(=O)NC(=O)Cc1csc(-c2ccccn2)n1. The minimum Gasteiger partial charge on any atom is -0.274 e. The van der Waals surface area contributed by atoms with Gasteiger partial charge in [-0.2, -0.15) is 0 Å². The first kappa shape index (κ1) is 13.6. The number of sulfonamides is 1. The fourth-order valence-corrected chi connectivity index (χ4v) is 2.68. The Morgan fingerprint density at radius 3 is 2.84 bits per heavy atom. The molecular formula is C11H11N3O3S2. The van der Waals surface area contributed by atoms with Crippen molar-refractivity contribution in [1.29, 1.82) is 0 Å². The van der Waals surface area contributed by atoms with Crippen LogP contribution in [0.15, 0.2) is 29.8 Å². The van der Waals surface area contributed by atoms with Crippen LogP contribution in [0.1, 0.15) is 5.69 Å². The van der Waals surface area contributed by atoms with E-state index < -0.39 is 15.9 Å². The quantitative estimate of drug-likeness (QED) is 0.902. The molecule has 2 aromatic rings. The predicted octanol–water partition coefficient (Wildman–Crippen LogP) is 0.823. The Morgan fingerprint density at radius 1 is 1.42 bits per heavy atom. The van der Waals surface area contributed by atoms with E-state index >= 15 is 0 Å². The van der Waals surface area contributed by atoms with E-state index in [0.717, 1.165) is 11.9 Å². The molecular weight excluding hydrogens is 286 g/mol. The van der Waals surface area contributed by atoms with Crippen molar-refractivity contribution in [3.63, 3.8) is 0 Å². The van der Waals surface area contributed by atoms with Gasteiger partial charge in [-0.3, -0.25) is 14.5 Å². The number of nitrogens with one attached hydrogen (secondary N) is 1. The van der Waals surface area contributed by atoms with Gasteiger partial charge in [-0.1, -0.05) is 6.07 Å². The van der Waals surface area contributed by atoms with E-state index in [2.05, 4.69) is 9.97 Å². The summed E-state index contributed by atoms with van der Waals surface area (Å²) in [6.45, 7) is 0. The normalized spacial score (nSPS) is 11.2. The molecule has 0 aromatic carbocycles. The molecule has 0 aliphatic rings.